The highest BCUT2D eigenvalue weighted by Gasteiger charge is 2.21. The van der Waals surface area contributed by atoms with Gasteiger partial charge >= 0.3 is 6.09 Å². The molecule has 0 heterocycles. The van der Waals surface area contributed by atoms with E-state index in [1.165, 1.54) is 0 Å². The van der Waals surface area contributed by atoms with Crippen molar-refractivity contribution < 1.29 is 14.7 Å². The smallest absolute Gasteiger partial charge is 0.405 e. The lowest BCUT2D eigenvalue weighted by Gasteiger charge is -2.17. The van der Waals surface area contributed by atoms with Crippen LogP contribution in [0.15, 0.2) is 48.5 Å². The first-order valence-electron chi connectivity index (χ1n) is 7.15. The Bertz CT molecular complexity index is 681. The number of carboxylic acid groups (broad SMARTS) is 1. The fraction of sp³-hybridized carbons (Fsp3) is 0.176. The molecule has 0 unspecified atom stereocenters. The summed E-state index contributed by atoms with van der Waals surface area (Å²) < 4.78 is 0. The normalized spacial score (nSPS) is 11.5. The maximum Gasteiger partial charge on any atom is 0.405 e. The first-order valence-corrected chi connectivity index (χ1v) is 7.15. The van der Waals surface area contributed by atoms with Crippen LogP contribution < -0.4 is 16.4 Å². The van der Waals surface area contributed by atoms with Crippen LogP contribution in [0.5, 0.6) is 0 Å². The average molecular weight is 313 g/mol. The molecule has 1 atom stereocenters. The summed E-state index contributed by atoms with van der Waals surface area (Å²) in [6, 6.07) is 13.4. The zero-order valence-electron chi connectivity index (χ0n) is 12.7. The molecular weight excluding hydrogens is 294 g/mol. The molecule has 6 nitrogen and oxygen atoms in total. The molecule has 0 aliphatic heterocycles. The second-order valence-electron chi connectivity index (χ2n) is 5.30. The number of nitrogens with one attached hydrogen (secondary N) is 2. The molecule has 2 amide bonds. The molecule has 0 aliphatic rings. The molecule has 0 aliphatic carbocycles. The molecule has 5 N–H and O–H groups in total. The molecule has 6 heteroatoms. The van der Waals surface area contributed by atoms with Crippen LogP contribution in [0.4, 0.5) is 16.2 Å². The number of hydrogen-bond donors (Lipinski definition) is 4. The van der Waals surface area contributed by atoms with Crippen LogP contribution in [-0.4, -0.2) is 23.1 Å². The standard InChI is InChI=1S/C17H19N3O3/c1-11-2-8-14(9-3-11)19-16(21)15(20-17(22)23)10-12-4-6-13(18)7-5-12/h2-9,15,20H,10,18H2,1H3,(H,19,21)(H,22,23)/t15-/m0/s1. The fourth-order valence-electron chi connectivity index (χ4n) is 2.11. The Labute approximate surface area is 134 Å². The lowest BCUT2D eigenvalue weighted by Crippen LogP contribution is -2.44. The van der Waals surface area contributed by atoms with Crippen LogP contribution in [-0.2, 0) is 11.2 Å². The number of nitrogens with two attached hydrogens (primary N) is 1. The maximum atomic E-state index is 12.3. The molecule has 0 fully saturated rings. The number of hydrogen-bond acceptors (Lipinski definition) is 3. The van der Waals surface area contributed by atoms with Crippen molar-refractivity contribution in [1.82, 2.24) is 5.32 Å². The number of nitrogen functional groups attached to an aromatic ring is 1. The monoisotopic (exact) mass is 313 g/mol. The number of amides is 2. The molecule has 0 saturated heterocycles. The van der Waals surface area contributed by atoms with Crippen molar-refractivity contribution in [2.75, 3.05) is 11.1 Å². The zero-order valence-corrected chi connectivity index (χ0v) is 12.7. The summed E-state index contributed by atoms with van der Waals surface area (Å²) in [7, 11) is 0. The van der Waals surface area contributed by atoms with E-state index in [0.29, 0.717) is 11.4 Å². The van der Waals surface area contributed by atoms with E-state index in [1.54, 1.807) is 36.4 Å². The molecule has 2 aromatic carbocycles. The summed E-state index contributed by atoms with van der Waals surface area (Å²) in [5.74, 6) is -0.409. The van der Waals surface area contributed by atoms with Crippen LogP contribution in [0.2, 0.25) is 0 Å². The van der Waals surface area contributed by atoms with Crippen molar-refractivity contribution in [2.24, 2.45) is 0 Å². The molecule has 0 saturated carbocycles. The predicted octanol–water partition coefficient (Wildman–Crippen LogP) is 2.39. The summed E-state index contributed by atoms with van der Waals surface area (Å²) in [6.45, 7) is 1.95. The van der Waals surface area contributed by atoms with Gasteiger partial charge in [0, 0.05) is 17.8 Å². The van der Waals surface area contributed by atoms with Crippen LogP contribution in [0.3, 0.4) is 0 Å². The van der Waals surface area contributed by atoms with Gasteiger partial charge in [-0.1, -0.05) is 29.8 Å². The van der Waals surface area contributed by atoms with Crippen molar-refractivity contribution in [1.29, 1.82) is 0 Å². The highest BCUT2D eigenvalue weighted by atomic mass is 16.4. The first kappa shape index (κ1) is 16.4. The van der Waals surface area contributed by atoms with Crippen molar-refractivity contribution in [2.45, 2.75) is 19.4 Å². The lowest BCUT2D eigenvalue weighted by molar-refractivity contribution is -0.118. The van der Waals surface area contributed by atoms with Gasteiger partial charge in [-0.2, -0.15) is 0 Å². The fourth-order valence-corrected chi connectivity index (χ4v) is 2.11. The number of aryl methyl sites for hydroxylation is 1. The molecule has 23 heavy (non-hydrogen) atoms. The molecule has 2 rings (SSSR count). The number of carbonyl (C=O) groups is 2. The highest BCUT2D eigenvalue weighted by Crippen LogP contribution is 2.12. The minimum Gasteiger partial charge on any atom is -0.465 e. The van der Waals surface area contributed by atoms with Gasteiger partial charge in [-0.15, -0.1) is 0 Å². The quantitative estimate of drug-likeness (QED) is 0.636. The Morgan fingerprint density at radius 2 is 1.70 bits per heavy atom. The third-order valence-electron chi connectivity index (χ3n) is 3.35. The Morgan fingerprint density at radius 3 is 2.26 bits per heavy atom. The predicted molar refractivity (Wildman–Crippen MR) is 89.3 cm³/mol. The van der Waals surface area contributed by atoms with Gasteiger partial charge in [0.25, 0.3) is 0 Å². The minimum atomic E-state index is -1.25. The van der Waals surface area contributed by atoms with Crippen LogP contribution in [0.1, 0.15) is 11.1 Å². The average Bonchev–Trinajstić information content (AvgIpc) is 2.50. The van der Waals surface area contributed by atoms with E-state index in [1.807, 2.05) is 19.1 Å². The van der Waals surface area contributed by atoms with E-state index in [9.17, 15) is 9.59 Å². The van der Waals surface area contributed by atoms with Crippen molar-refractivity contribution in [3.05, 3.63) is 59.7 Å². The number of benzene rings is 2. The largest absolute Gasteiger partial charge is 0.465 e. The van der Waals surface area contributed by atoms with Gasteiger partial charge in [0.05, 0.1) is 0 Å². The molecule has 0 spiro atoms. The SMILES string of the molecule is Cc1ccc(NC(=O)[C@H](Cc2ccc(N)cc2)NC(=O)O)cc1. The topological polar surface area (TPSA) is 104 Å². The molecule has 0 bridgehead atoms. The van der Waals surface area contributed by atoms with E-state index in [2.05, 4.69) is 10.6 Å². The second kappa shape index (κ2) is 7.31. The van der Waals surface area contributed by atoms with Crippen molar-refractivity contribution in [3.63, 3.8) is 0 Å². The van der Waals surface area contributed by atoms with Crippen molar-refractivity contribution in [3.8, 4) is 0 Å². The minimum absolute atomic E-state index is 0.240. The Morgan fingerprint density at radius 1 is 1.09 bits per heavy atom. The zero-order chi connectivity index (χ0) is 16.8. The number of rotatable bonds is 5. The van der Waals surface area contributed by atoms with Gasteiger partial charge in [0.2, 0.25) is 5.91 Å². The van der Waals surface area contributed by atoms with Gasteiger partial charge in [-0.25, -0.2) is 4.79 Å². The van der Waals surface area contributed by atoms with Gasteiger partial charge in [0.1, 0.15) is 6.04 Å². The van der Waals surface area contributed by atoms with Crippen LogP contribution in [0, 0.1) is 6.92 Å². The van der Waals surface area contributed by atoms with Gasteiger partial charge < -0.3 is 21.5 Å². The Kier molecular flexibility index (Phi) is 5.19. The summed E-state index contributed by atoms with van der Waals surface area (Å²) >= 11 is 0. The van der Waals surface area contributed by atoms with Crippen molar-refractivity contribution >= 4 is 23.4 Å². The molecule has 120 valence electrons. The molecule has 2 aromatic rings. The van der Waals surface area contributed by atoms with Gasteiger partial charge in [0.15, 0.2) is 0 Å². The summed E-state index contributed by atoms with van der Waals surface area (Å²) in [6.07, 6.45) is -1.01. The molecular formula is C17H19N3O3. The number of carbonyl (C=O) groups excluding carboxylic acids is 1. The molecule has 0 aromatic heterocycles. The number of anilines is 2. The Balaban J connectivity index is 2.09. The van der Waals surface area contributed by atoms with E-state index < -0.39 is 18.0 Å². The summed E-state index contributed by atoms with van der Waals surface area (Å²) in [5, 5.41) is 13.9. The second-order valence-corrected chi connectivity index (χ2v) is 5.30. The lowest BCUT2D eigenvalue weighted by atomic mass is 10.0. The van der Waals surface area contributed by atoms with Gasteiger partial charge in [-0.3, -0.25) is 4.79 Å². The highest BCUT2D eigenvalue weighted by molar-refractivity contribution is 5.96. The third kappa shape index (κ3) is 5.03. The van der Waals surface area contributed by atoms with Crippen LogP contribution in [0.25, 0.3) is 0 Å². The molecule has 0 radical (unpaired) electrons. The van der Waals surface area contributed by atoms with Gasteiger partial charge in [-0.05, 0) is 36.8 Å². The first-order chi connectivity index (χ1) is 10.9. The van der Waals surface area contributed by atoms with E-state index in [-0.39, 0.29) is 6.42 Å². The van der Waals surface area contributed by atoms with Crippen LogP contribution >= 0.6 is 0 Å². The maximum absolute atomic E-state index is 12.3. The Hall–Kier alpha value is -3.02. The van der Waals surface area contributed by atoms with E-state index in [4.69, 9.17) is 10.8 Å². The summed E-state index contributed by atoms with van der Waals surface area (Å²) in [5.41, 5.74) is 8.75. The van der Waals surface area contributed by atoms with E-state index in [0.717, 1.165) is 11.1 Å². The third-order valence-corrected chi connectivity index (χ3v) is 3.35. The summed E-state index contributed by atoms with van der Waals surface area (Å²) in [4.78, 5) is 23.3. The van der Waals surface area contributed by atoms with E-state index >= 15 is 0 Å².